The smallest absolute Gasteiger partial charge is 0.321 e. The number of rotatable bonds is 4. The third-order valence-corrected chi connectivity index (χ3v) is 5.40. The normalized spacial score (nSPS) is 16.6. The molecule has 0 saturated carbocycles. The van der Waals surface area contributed by atoms with Crippen molar-refractivity contribution in [3.63, 3.8) is 0 Å². The lowest BCUT2D eigenvalue weighted by atomic mass is 9.97. The van der Waals surface area contributed by atoms with Crippen LogP contribution in [0, 0.1) is 5.92 Å². The van der Waals surface area contributed by atoms with E-state index in [1.807, 2.05) is 66.2 Å². The summed E-state index contributed by atoms with van der Waals surface area (Å²) >= 11 is 0. The lowest BCUT2D eigenvalue weighted by Gasteiger charge is -2.32. The minimum Gasteiger partial charge on any atom is -0.349 e. The first-order valence-electron chi connectivity index (χ1n) is 9.91. The van der Waals surface area contributed by atoms with Gasteiger partial charge in [0.2, 0.25) is 5.91 Å². The number of para-hydroxylation sites is 3. The standard InChI is InChI=1S/C22H25N5O2/c1-26-19-12-6-5-11-18(19)25-20(26)14-23-21(28)16-8-7-13-27(15-16)22(29)24-17-9-3-2-4-10-17/h2-6,9-12,16H,7-8,13-15H2,1H3,(H,23,28)(H,24,29). The number of aryl methyl sites for hydroxylation is 1. The molecule has 0 spiro atoms. The van der Waals surface area contributed by atoms with Crippen LogP contribution in [0.4, 0.5) is 10.5 Å². The average Bonchev–Trinajstić information content (AvgIpc) is 3.08. The highest BCUT2D eigenvalue weighted by Crippen LogP contribution is 2.19. The van der Waals surface area contributed by atoms with E-state index in [-0.39, 0.29) is 17.9 Å². The van der Waals surface area contributed by atoms with Gasteiger partial charge in [0.1, 0.15) is 5.82 Å². The van der Waals surface area contributed by atoms with Crippen LogP contribution in [0.25, 0.3) is 11.0 Å². The summed E-state index contributed by atoms with van der Waals surface area (Å²) in [6.07, 6.45) is 1.59. The number of carbonyl (C=O) groups is 2. The first-order valence-corrected chi connectivity index (χ1v) is 9.91. The van der Waals surface area contributed by atoms with Crippen LogP contribution < -0.4 is 10.6 Å². The summed E-state index contributed by atoms with van der Waals surface area (Å²) in [7, 11) is 1.95. The Balaban J connectivity index is 1.34. The van der Waals surface area contributed by atoms with Gasteiger partial charge in [-0.05, 0) is 37.1 Å². The zero-order valence-corrected chi connectivity index (χ0v) is 16.5. The molecular formula is C22H25N5O2. The van der Waals surface area contributed by atoms with Crippen molar-refractivity contribution in [3.8, 4) is 0 Å². The van der Waals surface area contributed by atoms with Gasteiger partial charge in [-0.1, -0.05) is 30.3 Å². The first kappa shape index (κ1) is 19.0. The summed E-state index contributed by atoms with van der Waals surface area (Å²) in [4.78, 5) is 31.6. The number of anilines is 1. The number of carbonyl (C=O) groups excluding carboxylic acids is 2. The summed E-state index contributed by atoms with van der Waals surface area (Å²) in [5.41, 5.74) is 2.71. The fourth-order valence-corrected chi connectivity index (χ4v) is 3.76. The predicted molar refractivity (Wildman–Crippen MR) is 112 cm³/mol. The first-order chi connectivity index (χ1) is 14.1. The Labute approximate surface area is 169 Å². The van der Waals surface area contributed by atoms with E-state index in [1.54, 1.807) is 4.90 Å². The second-order valence-electron chi connectivity index (χ2n) is 7.37. The third-order valence-electron chi connectivity index (χ3n) is 5.40. The molecule has 4 rings (SSSR count). The summed E-state index contributed by atoms with van der Waals surface area (Å²) < 4.78 is 2.00. The van der Waals surface area contributed by atoms with E-state index < -0.39 is 0 Å². The zero-order chi connectivity index (χ0) is 20.2. The molecule has 150 valence electrons. The minimum atomic E-state index is -0.208. The number of benzene rings is 2. The maximum absolute atomic E-state index is 12.7. The van der Waals surface area contributed by atoms with Gasteiger partial charge in [-0.2, -0.15) is 0 Å². The Morgan fingerprint density at radius 1 is 1.10 bits per heavy atom. The largest absolute Gasteiger partial charge is 0.349 e. The number of nitrogens with zero attached hydrogens (tertiary/aromatic N) is 3. The van der Waals surface area contributed by atoms with E-state index in [2.05, 4.69) is 15.6 Å². The lowest BCUT2D eigenvalue weighted by molar-refractivity contribution is -0.126. The number of aromatic nitrogens is 2. The van der Waals surface area contributed by atoms with Crippen molar-refractivity contribution in [2.45, 2.75) is 19.4 Å². The fraction of sp³-hybridized carbons (Fsp3) is 0.318. The molecule has 0 aliphatic carbocycles. The van der Waals surface area contributed by atoms with E-state index in [9.17, 15) is 9.59 Å². The van der Waals surface area contributed by atoms with Crippen molar-refractivity contribution < 1.29 is 9.59 Å². The van der Waals surface area contributed by atoms with Gasteiger partial charge in [0, 0.05) is 25.8 Å². The molecule has 1 aliphatic heterocycles. The van der Waals surface area contributed by atoms with Gasteiger partial charge in [-0.3, -0.25) is 4.79 Å². The molecular weight excluding hydrogens is 366 g/mol. The van der Waals surface area contributed by atoms with Gasteiger partial charge in [0.25, 0.3) is 0 Å². The Morgan fingerprint density at radius 2 is 1.86 bits per heavy atom. The highest BCUT2D eigenvalue weighted by Gasteiger charge is 2.28. The second kappa shape index (κ2) is 8.34. The number of nitrogens with one attached hydrogen (secondary N) is 2. The molecule has 1 aromatic heterocycles. The monoisotopic (exact) mass is 391 g/mol. The minimum absolute atomic E-state index is 0.0331. The van der Waals surface area contributed by atoms with Gasteiger partial charge in [0.15, 0.2) is 0 Å². The SMILES string of the molecule is Cn1c(CNC(=O)C2CCCN(C(=O)Nc3ccccc3)C2)nc2ccccc21. The van der Waals surface area contributed by atoms with Gasteiger partial charge in [-0.15, -0.1) is 0 Å². The molecule has 0 bridgehead atoms. The quantitative estimate of drug-likeness (QED) is 0.717. The third kappa shape index (κ3) is 4.23. The molecule has 1 aliphatic rings. The average molecular weight is 391 g/mol. The van der Waals surface area contributed by atoms with Crippen LogP contribution in [0.15, 0.2) is 54.6 Å². The Bertz CT molecular complexity index is 1010. The second-order valence-corrected chi connectivity index (χ2v) is 7.37. The number of hydrogen-bond acceptors (Lipinski definition) is 3. The number of piperidine rings is 1. The highest BCUT2D eigenvalue weighted by molar-refractivity contribution is 5.90. The molecule has 2 heterocycles. The van der Waals surface area contributed by atoms with Gasteiger partial charge in [-0.25, -0.2) is 9.78 Å². The number of imidazole rings is 1. The van der Waals surface area contributed by atoms with E-state index in [4.69, 9.17) is 0 Å². The molecule has 2 N–H and O–H groups in total. The van der Waals surface area contributed by atoms with E-state index >= 15 is 0 Å². The fourth-order valence-electron chi connectivity index (χ4n) is 3.76. The van der Waals surface area contributed by atoms with Crippen LogP contribution in [0.5, 0.6) is 0 Å². The van der Waals surface area contributed by atoms with Crippen LogP contribution >= 0.6 is 0 Å². The van der Waals surface area contributed by atoms with Crippen LogP contribution in [-0.4, -0.2) is 39.5 Å². The summed E-state index contributed by atoms with van der Waals surface area (Å²) in [5.74, 6) is 0.572. The van der Waals surface area contributed by atoms with Crippen LogP contribution in [0.1, 0.15) is 18.7 Å². The van der Waals surface area contributed by atoms with Crippen molar-refractivity contribution in [1.29, 1.82) is 0 Å². The number of urea groups is 1. The molecule has 2 aromatic carbocycles. The lowest BCUT2D eigenvalue weighted by Crippen LogP contribution is -2.46. The van der Waals surface area contributed by atoms with E-state index in [0.29, 0.717) is 19.6 Å². The van der Waals surface area contributed by atoms with Gasteiger partial charge < -0.3 is 20.1 Å². The topological polar surface area (TPSA) is 79.3 Å². The Hall–Kier alpha value is -3.35. The Kier molecular flexibility index (Phi) is 5.46. The molecule has 1 saturated heterocycles. The van der Waals surface area contributed by atoms with Crippen molar-refractivity contribution in [2.75, 3.05) is 18.4 Å². The van der Waals surface area contributed by atoms with Crippen molar-refractivity contribution >= 4 is 28.7 Å². The summed E-state index contributed by atoms with van der Waals surface area (Å²) in [6, 6.07) is 17.1. The molecule has 29 heavy (non-hydrogen) atoms. The number of likely N-dealkylation sites (tertiary alicyclic amines) is 1. The maximum Gasteiger partial charge on any atom is 0.321 e. The molecule has 3 amide bonds. The zero-order valence-electron chi connectivity index (χ0n) is 16.5. The van der Waals surface area contributed by atoms with Crippen molar-refractivity contribution in [1.82, 2.24) is 19.8 Å². The van der Waals surface area contributed by atoms with Crippen LogP contribution in [0.2, 0.25) is 0 Å². The Morgan fingerprint density at radius 3 is 2.66 bits per heavy atom. The van der Waals surface area contributed by atoms with Gasteiger partial charge >= 0.3 is 6.03 Å². The predicted octanol–water partition coefficient (Wildman–Crippen LogP) is 3.13. The van der Waals surface area contributed by atoms with Crippen LogP contribution in [0.3, 0.4) is 0 Å². The summed E-state index contributed by atoms with van der Waals surface area (Å²) in [5, 5.41) is 5.89. The van der Waals surface area contributed by atoms with E-state index in [0.717, 1.165) is 35.4 Å². The van der Waals surface area contributed by atoms with E-state index in [1.165, 1.54) is 0 Å². The number of amides is 3. The molecule has 7 nitrogen and oxygen atoms in total. The van der Waals surface area contributed by atoms with Gasteiger partial charge in [0.05, 0.1) is 23.5 Å². The maximum atomic E-state index is 12.7. The highest BCUT2D eigenvalue weighted by atomic mass is 16.2. The van der Waals surface area contributed by atoms with Crippen molar-refractivity contribution in [3.05, 3.63) is 60.4 Å². The molecule has 1 unspecified atom stereocenters. The molecule has 1 fully saturated rings. The molecule has 0 radical (unpaired) electrons. The summed E-state index contributed by atoms with van der Waals surface area (Å²) in [6.45, 7) is 1.46. The van der Waals surface area contributed by atoms with Crippen LogP contribution in [-0.2, 0) is 18.4 Å². The van der Waals surface area contributed by atoms with Crippen molar-refractivity contribution in [2.24, 2.45) is 13.0 Å². The molecule has 7 heteroatoms. The molecule has 3 aromatic rings. The molecule has 1 atom stereocenters. The number of fused-ring (bicyclic) bond motifs is 1. The number of hydrogen-bond donors (Lipinski definition) is 2.